The van der Waals surface area contributed by atoms with Crippen LogP contribution in [0.4, 0.5) is 11.4 Å². The van der Waals surface area contributed by atoms with E-state index in [2.05, 4.69) is 21.8 Å². The third kappa shape index (κ3) is 4.52. The molecule has 0 spiro atoms. The Bertz CT molecular complexity index is 887. The first-order valence-electron chi connectivity index (χ1n) is 9.08. The van der Waals surface area contributed by atoms with E-state index in [1.54, 1.807) is 35.4 Å². The number of rotatable bonds is 5. The minimum atomic E-state index is -0.278. The molecule has 2 aliphatic heterocycles. The van der Waals surface area contributed by atoms with E-state index in [1.807, 2.05) is 31.5 Å². The zero-order valence-electron chi connectivity index (χ0n) is 15.8. The van der Waals surface area contributed by atoms with Crippen LogP contribution < -0.4 is 16.0 Å². The van der Waals surface area contributed by atoms with Crippen molar-refractivity contribution in [2.24, 2.45) is 10.7 Å². The Morgan fingerprint density at radius 3 is 2.96 bits per heavy atom. The molecule has 1 saturated heterocycles. The predicted octanol–water partition coefficient (Wildman–Crippen LogP) is 3.30. The molecule has 146 valence electrons. The topological polar surface area (TPSA) is 74.0 Å². The van der Waals surface area contributed by atoms with Crippen LogP contribution in [0.15, 0.2) is 71.7 Å². The summed E-state index contributed by atoms with van der Waals surface area (Å²) in [7, 11) is 1.84. The van der Waals surface area contributed by atoms with Gasteiger partial charge in [-0.25, -0.2) is 4.99 Å². The average Bonchev–Trinajstić information content (AvgIpc) is 3.09. The number of hydrogen-bond donors (Lipinski definition) is 2. The van der Waals surface area contributed by atoms with Gasteiger partial charge >= 0.3 is 0 Å². The van der Waals surface area contributed by atoms with Crippen molar-refractivity contribution in [3.8, 4) is 0 Å². The molecule has 1 aromatic rings. The molecule has 1 unspecified atom stereocenters. The molecule has 2 aliphatic rings. The number of benzene rings is 1. The lowest BCUT2D eigenvalue weighted by molar-refractivity contribution is -0.112. The lowest BCUT2D eigenvalue weighted by Crippen LogP contribution is -2.27. The molecule has 7 heteroatoms. The maximum absolute atomic E-state index is 13.1. The van der Waals surface area contributed by atoms with Crippen molar-refractivity contribution in [2.75, 3.05) is 30.4 Å². The van der Waals surface area contributed by atoms with Gasteiger partial charge in [-0.15, -0.1) is 0 Å². The lowest BCUT2D eigenvalue weighted by atomic mass is 10.1. The SMILES string of the molecule is C=C/C=C/C(C(=O)Nc1cc(Cl)ccc1N1CCC(N)C1)=C1/N=CC=CN1C. The first-order chi connectivity index (χ1) is 13.5. The smallest absolute Gasteiger partial charge is 0.259 e. The first-order valence-corrected chi connectivity index (χ1v) is 9.46. The molecular formula is C21H24ClN5O. The zero-order valence-corrected chi connectivity index (χ0v) is 16.6. The van der Waals surface area contributed by atoms with Crippen LogP contribution >= 0.6 is 11.6 Å². The average molecular weight is 398 g/mol. The Kier molecular flexibility index (Phi) is 6.34. The third-order valence-electron chi connectivity index (χ3n) is 4.58. The minimum Gasteiger partial charge on any atom is -0.368 e. The van der Waals surface area contributed by atoms with E-state index in [4.69, 9.17) is 17.3 Å². The van der Waals surface area contributed by atoms with Gasteiger partial charge in [-0.3, -0.25) is 4.79 Å². The molecule has 2 heterocycles. The number of halogens is 1. The maximum Gasteiger partial charge on any atom is 0.259 e. The fraction of sp³-hybridized carbons (Fsp3) is 0.238. The molecule has 0 saturated carbocycles. The number of carbonyl (C=O) groups is 1. The number of carbonyl (C=O) groups excluding carboxylic acids is 1. The summed E-state index contributed by atoms with van der Waals surface area (Å²) in [5.74, 6) is 0.268. The number of hydrogen-bond acceptors (Lipinski definition) is 5. The molecule has 3 rings (SSSR count). The van der Waals surface area contributed by atoms with Crippen molar-refractivity contribution in [3.05, 3.63) is 71.7 Å². The zero-order chi connectivity index (χ0) is 20.1. The maximum atomic E-state index is 13.1. The highest BCUT2D eigenvalue weighted by molar-refractivity contribution is 6.31. The summed E-state index contributed by atoms with van der Waals surface area (Å²) in [6.45, 7) is 5.27. The van der Waals surface area contributed by atoms with Crippen molar-refractivity contribution in [2.45, 2.75) is 12.5 Å². The number of amides is 1. The van der Waals surface area contributed by atoms with Crippen LogP contribution in [0.5, 0.6) is 0 Å². The summed E-state index contributed by atoms with van der Waals surface area (Å²) in [4.78, 5) is 21.4. The van der Waals surface area contributed by atoms with Crippen molar-refractivity contribution in [1.29, 1.82) is 0 Å². The van der Waals surface area contributed by atoms with Gasteiger partial charge < -0.3 is 20.9 Å². The van der Waals surface area contributed by atoms with E-state index in [0.29, 0.717) is 22.1 Å². The number of anilines is 2. The lowest BCUT2D eigenvalue weighted by Gasteiger charge is -2.23. The van der Waals surface area contributed by atoms with E-state index < -0.39 is 0 Å². The number of nitrogens with one attached hydrogen (secondary N) is 1. The van der Waals surface area contributed by atoms with Gasteiger partial charge in [0.15, 0.2) is 0 Å². The van der Waals surface area contributed by atoms with E-state index in [9.17, 15) is 4.79 Å². The first kappa shape index (κ1) is 19.9. The molecule has 3 N–H and O–H groups in total. The van der Waals surface area contributed by atoms with Crippen molar-refractivity contribution < 1.29 is 4.79 Å². The van der Waals surface area contributed by atoms with Crippen LogP contribution in [0, 0.1) is 0 Å². The molecule has 0 aliphatic carbocycles. The van der Waals surface area contributed by atoms with Gasteiger partial charge in [-0.05, 0) is 36.8 Å². The number of allylic oxidation sites excluding steroid dienone is 3. The monoisotopic (exact) mass is 397 g/mol. The van der Waals surface area contributed by atoms with Gasteiger partial charge in [-0.1, -0.05) is 30.3 Å². The van der Waals surface area contributed by atoms with Gasteiger partial charge in [-0.2, -0.15) is 0 Å². The standard InChI is InChI=1S/C21H24ClN5O/c1-3-4-6-17(20-24-10-5-11-26(20)2)21(28)25-18-13-15(22)7-8-19(18)27-12-9-16(23)14-27/h3-8,10-11,13,16H,1,9,12,14,23H2,2H3,(H,25,28)/b6-4+,20-17+. The highest BCUT2D eigenvalue weighted by atomic mass is 35.5. The molecule has 1 aromatic carbocycles. The van der Waals surface area contributed by atoms with E-state index in [1.165, 1.54) is 0 Å². The fourth-order valence-electron chi connectivity index (χ4n) is 3.20. The van der Waals surface area contributed by atoms with Crippen molar-refractivity contribution in [1.82, 2.24) is 4.90 Å². The molecular weight excluding hydrogens is 374 g/mol. The number of nitrogens with zero attached hydrogens (tertiary/aromatic N) is 3. The highest BCUT2D eigenvalue weighted by Gasteiger charge is 2.23. The number of aliphatic imine (C=N–C) groups is 1. The molecule has 0 radical (unpaired) electrons. The number of nitrogens with two attached hydrogens (primary N) is 1. The molecule has 6 nitrogen and oxygen atoms in total. The largest absolute Gasteiger partial charge is 0.368 e. The molecule has 0 aromatic heterocycles. The Hall–Kier alpha value is -2.83. The normalized spacial score (nSPS) is 20.8. The molecule has 1 amide bonds. The summed E-state index contributed by atoms with van der Waals surface area (Å²) in [5.41, 5.74) is 8.03. The Morgan fingerprint density at radius 2 is 2.29 bits per heavy atom. The fourth-order valence-corrected chi connectivity index (χ4v) is 3.37. The molecule has 1 fully saturated rings. The van der Waals surface area contributed by atoms with Gasteiger partial charge in [0.1, 0.15) is 5.82 Å². The third-order valence-corrected chi connectivity index (χ3v) is 4.82. The second-order valence-electron chi connectivity index (χ2n) is 6.67. The van der Waals surface area contributed by atoms with Crippen molar-refractivity contribution >= 4 is 35.1 Å². The van der Waals surface area contributed by atoms with Crippen LogP contribution in [0.25, 0.3) is 0 Å². The van der Waals surface area contributed by atoms with Crippen LogP contribution in [0.1, 0.15) is 6.42 Å². The summed E-state index contributed by atoms with van der Waals surface area (Å²) < 4.78 is 0. The second kappa shape index (κ2) is 8.91. The minimum absolute atomic E-state index is 0.129. The Labute approximate surface area is 170 Å². The Morgan fingerprint density at radius 1 is 1.46 bits per heavy atom. The van der Waals surface area contributed by atoms with E-state index in [0.717, 1.165) is 25.2 Å². The van der Waals surface area contributed by atoms with Crippen LogP contribution in [-0.4, -0.2) is 43.2 Å². The van der Waals surface area contributed by atoms with Gasteiger partial charge in [0.25, 0.3) is 5.91 Å². The van der Waals surface area contributed by atoms with Crippen LogP contribution in [-0.2, 0) is 4.79 Å². The van der Waals surface area contributed by atoms with Crippen LogP contribution in [0.2, 0.25) is 5.02 Å². The quantitative estimate of drug-likeness (QED) is 0.590. The van der Waals surface area contributed by atoms with Crippen LogP contribution in [0.3, 0.4) is 0 Å². The second-order valence-corrected chi connectivity index (χ2v) is 7.11. The summed E-state index contributed by atoms with van der Waals surface area (Å²) in [6.07, 6.45) is 11.2. The van der Waals surface area contributed by atoms with Gasteiger partial charge in [0.2, 0.25) is 0 Å². The highest BCUT2D eigenvalue weighted by Crippen LogP contribution is 2.32. The van der Waals surface area contributed by atoms with E-state index >= 15 is 0 Å². The Balaban J connectivity index is 1.94. The van der Waals surface area contributed by atoms with Gasteiger partial charge in [0.05, 0.1) is 16.9 Å². The molecule has 28 heavy (non-hydrogen) atoms. The van der Waals surface area contributed by atoms with Crippen molar-refractivity contribution in [3.63, 3.8) is 0 Å². The van der Waals surface area contributed by atoms with E-state index in [-0.39, 0.29) is 11.9 Å². The molecule has 1 atom stereocenters. The summed E-state index contributed by atoms with van der Waals surface area (Å²) in [5, 5.41) is 3.55. The summed E-state index contributed by atoms with van der Waals surface area (Å²) in [6, 6.07) is 5.61. The summed E-state index contributed by atoms with van der Waals surface area (Å²) >= 11 is 6.20. The molecule has 0 bridgehead atoms. The predicted molar refractivity (Wildman–Crippen MR) is 117 cm³/mol. The van der Waals surface area contributed by atoms with Gasteiger partial charge in [0, 0.05) is 43.6 Å².